The molecule has 0 bridgehead atoms. The largest absolute Gasteiger partial charge is 0.346 e. The first kappa shape index (κ1) is 18.1. The van der Waals surface area contributed by atoms with E-state index in [0.717, 1.165) is 32.1 Å². The van der Waals surface area contributed by atoms with Crippen molar-refractivity contribution in [1.82, 2.24) is 5.32 Å². The van der Waals surface area contributed by atoms with Gasteiger partial charge in [-0.2, -0.15) is 0 Å². The Morgan fingerprint density at radius 2 is 1.53 bits per heavy atom. The topological polar surface area (TPSA) is 98.2 Å². The van der Waals surface area contributed by atoms with Crippen molar-refractivity contribution < 1.29 is 9.59 Å². The molecule has 0 aliphatic heterocycles. The molecule has 1 amide bonds. The lowest BCUT2D eigenvalue weighted by molar-refractivity contribution is -0.129. The molecule has 0 radical (unpaired) electrons. The molecule has 0 aromatic heterocycles. The highest BCUT2D eigenvalue weighted by Crippen LogP contribution is 2.09. The zero-order chi connectivity index (χ0) is 14.7. The highest BCUT2D eigenvalue weighted by atomic mass is 16.2. The van der Waals surface area contributed by atoms with E-state index in [2.05, 4.69) is 5.32 Å². The van der Waals surface area contributed by atoms with Gasteiger partial charge < -0.3 is 16.8 Å². The van der Waals surface area contributed by atoms with Crippen molar-refractivity contribution in [3.63, 3.8) is 0 Å². The zero-order valence-electron chi connectivity index (χ0n) is 12.3. The monoisotopic (exact) mass is 271 g/mol. The molecule has 0 spiro atoms. The quantitative estimate of drug-likeness (QED) is 0.487. The van der Waals surface area contributed by atoms with Gasteiger partial charge in [-0.1, -0.05) is 13.3 Å². The molecule has 0 saturated heterocycles. The number of amides is 1. The van der Waals surface area contributed by atoms with Crippen LogP contribution >= 0.6 is 0 Å². The Labute approximate surface area is 116 Å². The van der Waals surface area contributed by atoms with Crippen LogP contribution in [0.15, 0.2) is 0 Å². The number of Topliss-reactive ketones (excluding diaryl/α,β-unsaturated/α-hetero) is 1. The summed E-state index contributed by atoms with van der Waals surface area (Å²) >= 11 is 0. The van der Waals surface area contributed by atoms with Crippen molar-refractivity contribution in [3.05, 3.63) is 0 Å². The van der Waals surface area contributed by atoms with Gasteiger partial charge in [-0.3, -0.25) is 9.59 Å². The van der Waals surface area contributed by atoms with Crippen LogP contribution in [0.4, 0.5) is 0 Å². The van der Waals surface area contributed by atoms with Crippen LogP contribution in [-0.2, 0) is 9.59 Å². The summed E-state index contributed by atoms with van der Waals surface area (Å²) in [5.41, 5.74) is 10.8. The summed E-state index contributed by atoms with van der Waals surface area (Å²) in [6, 6.07) is -0.365. The minimum absolute atomic E-state index is 0.0135. The third-order valence-electron chi connectivity index (χ3n) is 3.29. The van der Waals surface area contributed by atoms with E-state index in [1.165, 1.54) is 6.92 Å². The van der Waals surface area contributed by atoms with Gasteiger partial charge in [-0.05, 0) is 52.1 Å². The second-order valence-electron chi connectivity index (χ2n) is 5.14. The molecule has 0 heterocycles. The van der Waals surface area contributed by atoms with E-state index in [-0.39, 0.29) is 23.7 Å². The fourth-order valence-corrected chi connectivity index (χ4v) is 1.91. The predicted octanol–water partition coefficient (Wildman–Crippen LogP) is 0.954. The number of carbonyl (C=O) groups excluding carboxylic acids is 2. The molecule has 5 nitrogen and oxygen atoms in total. The Bertz CT molecular complexity index is 269. The van der Waals surface area contributed by atoms with Crippen molar-refractivity contribution in [2.24, 2.45) is 17.4 Å². The number of carbonyl (C=O) groups is 2. The summed E-state index contributed by atoms with van der Waals surface area (Å²) < 4.78 is 0. The smallest absolute Gasteiger partial charge is 0.223 e. The van der Waals surface area contributed by atoms with Crippen LogP contribution in [0.3, 0.4) is 0 Å². The Morgan fingerprint density at radius 1 is 1.00 bits per heavy atom. The molecule has 0 saturated carbocycles. The second kappa shape index (κ2) is 10.9. The SMILES string of the molecule is CC(=O)C(CCCCN)NC(=O)C(C)CCCCN. The van der Waals surface area contributed by atoms with Crippen molar-refractivity contribution in [2.75, 3.05) is 13.1 Å². The Balaban J connectivity index is 4.11. The van der Waals surface area contributed by atoms with Gasteiger partial charge in [0, 0.05) is 5.92 Å². The summed E-state index contributed by atoms with van der Waals surface area (Å²) in [6.45, 7) is 4.69. The third-order valence-corrected chi connectivity index (χ3v) is 3.29. The number of ketones is 1. The first-order chi connectivity index (χ1) is 9.02. The fourth-order valence-electron chi connectivity index (χ4n) is 1.91. The first-order valence-electron chi connectivity index (χ1n) is 7.23. The first-order valence-corrected chi connectivity index (χ1v) is 7.23. The van der Waals surface area contributed by atoms with Crippen LogP contribution in [0, 0.1) is 5.92 Å². The molecule has 0 aliphatic carbocycles. The number of hydrogen-bond acceptors (Lipinski definition) is 4. The lowest BCUT2D eigenvalue weighted by Crippen LogP contribution is -2.42. The van der Waals surface area contributed by atoms with Crippen molar-refractivity contribution in [2.45, 2.75) is 58.4 Å². The van der Waals surface area contributed by atoms with Crippen LogP contribution in [0.1, 0.15) is 52.4 Å². The molecule has 0 aromatic carbocycles. The Hall–Kier alpha value is -0.940. The number of nitrogens with one attached hydrogen (secondary N) is 1. The maximum atomic E-state index is 12.0. The molecule has 5 N–H and O–H groups in total. The van der Waals surface area contributed by atoms with Crippen LogP contribution in [-0.4, -0.2) is 30.8 Å². The second-order valence-corrected chi connectivity index (χ2v) is 5.14. The van der Waals surface area contributed by atoms with E-state index in [0.29, 0.717) is 19.5 Å². The van der Waals surface area contributed by atoms with Gasteiger partial charge in [0.25, 0.3) is 0 Å². The summed E-state index contributed by atoms with van der Waals surface area (Å²) in [5, 5.41) is 2.84. The van der Waals surface area contributed by atoms with Crippen molar-refractivity contribution in [1.29, 1.82) is 0 Å². The lowest BCUT2D eigenvalue weighted by atomic mass is 10.0. The minimum atomic E-state index is -0.365. The number of unbranched alkanes of at least 4 members (excludes halogenated alkanes) is 2. The number of hydrogen-bond donors (Lipinski definition) is 3. The molecule has 0 rings (SSSR count). The van der Waals surface area contributed by atoms with E-state index in [1.807, 2.05) is 6.92 Å². The molecule has 2 unspecified atom stereocenters. The predicted molar refractivity (Wildman–Crippen MR) is 77.6 cm³/mol. The third kappa shape index (κ3) is 8.72. The van der Waals surface area contributed by atoms with Gasteiger partial charge in [-0.15, -0.1) is 0 Å². The van der Waals surface area contributed by atoms with E-state index >= 15 is 0 Å². The fraction of sp³-hybridized carbons (Fsp3) is 0.857. The molecule has 5 heteroatoms. The molecule has 0 aromatic rings. The number of rotatable bonds is 11. The van der Waals surface area contributed by atoms with Crippen LogP contribution < -0.4 is 16.8 Å². The van der Waals surface area contributed by atoms with Crippen molar-refractivity contribution >= 4 is 11.7 Å². The average molecular weight is 271 g/mol. The molecule has 19 heavy (non-hydrogen) atoms. The van der Waals surface area contributed by atoms with Gasteiger partial charge >= 0.3 is 0 Å². The molecule has 112 valence electrons. The van der Waals surface area contributed by atoms with E-state index in [1.54, 1.807) is 0 Å². The van der Waals surface area contributed by atoms with Gasteiger partial charge in [0.2, 0.25) is 5.91 Å². The van der Waals surface area contributed by atoms with Gasteiger partial charge in [0.05, 0.1) is 6.04 Å². The Kier molecular flexibility index (Phi) is 10.4. The minimum Gasteiger partial charge on any atom is -0.346 e. The van der Waals surface area contributed by atoms with E-state index in [9.17, 15) is 9.59 Å². The van der Waals surface area contributed by atoms with Crippen LogP contribution in [0.2, 0.25) is 0 Å². The molecule has 2 atom stereocenters. The number of nitrogens with two attached hydrogens (primary N) is 2. The Morgan fingerprint density at radius 3 is 2.00 bits per heavy atom. The van der Waals surface area contributed by atoms with Crippen LogP contribution in [0.25, 0.3) is 0 Å². The zero-order valence-corrected chi connectivity index (χ0v) is 12.3. The molecular weight excluding hydrogens is 242 g/mol. The average Bonchev–Trinajstić information content (AvgIpc) is 2.37. The van der Waals surface area contributed by atoms with Gasteiger partial charge in [0.15, 0.2) is 5.78 Å². The van der Waals surface area contributed by atoms with Gasteiger partial charge in [0.1, 0.15) is 0 Å². The van der Waals surface area contributed by atoms with Gasteiger partial charge in [-0.25, -0.2) is 0 Å². The maximum absolute atomic E-state index is 12.0. The highest BCUT2D eigenvalue weighted by molar-refractivity contribution is 5.88. The summed E-state index contributed by atoms with van der Waals surface area (Å²) in [7, 11) is 0. The van der Waals surface area contributed by atoms with E-state index < -0.39 is 0 Å². The summed E-state index contributed by atoms with van der Waals surface area (Å²) in [6.07, 6.45) is 5.12. The highest BCUT2D eigenvalue weighted by Gasteiger charge is 2.20. The molecule has 0 aliphatic rings. The standard InChI is InChI=1S/C14H29N3O2/c1-11(7-3-5-9-15)14(19)17-13(12(2)18)8-4-6-10-16/h11,13H,3-10,15-16H2,1-2H3,(H,17,19). The lowest BCUT2D eigenvalue weighted by Gasteiger charge is -2.19. The van der Waals surface area contributed by atoms with Crippen LogP contribution in [0.5, 0.6) is 0 Å². The molecule has 0 fully saturated rings. The summed E-state index contributed by atoms with van der Waals surface area (Å²) in [5.74, 6) is -0.0904. The summed E-state index contributed by atoms with van der Waals surface area (Å²) in [4.78, 5) is 23.5. The normalized spacial score (nSPS) is 13.9. The molecular formula is C14H29N3O2. The van der Waals surface area contributed by atoms with E-state index in [4.69, 9.17) is 11.5 Å². The van der Waals surface area contributed by atoms with Crippen molar-refractivity contribution in [3.8, 4) is 0 Å². The maximum Gasteiger partial charge on any atom is 0.223 e.